The number of pyridine rings is 2. The summed E-state index contributed by atoms with van der Waals surface area (Å²) in [6, 6.07) is 9.76. The van der Waals surface area contributed by atoms with Gasteiger partial charge in [0.05, 0.1) is 16.9 Å². The number of hydrogen-bond acceptors (Lipinski definition) is 7. The molecular weight excluding hydrogens is 539 g/mol. The number of amides is 2. The van der Waals surface area contributed by atoms with E-state index in [1.54, 1.807) is 27.9 Å². The van der Waals surface area contributed by atoms with Gasteiger partial charge >= 0.3 is 6.18 Å². The summed E-state index contributed by atoms with van der Waals surface area (Å²) >= 11 is 0. The number of aliphatic hydroxyl groups is 1. The fourth-order valence-corrected chi connectivity index (χ4v) is 5.23. The first-order valence-electron chi connectivity index (χ1n) is 13.1. The third-order valence-electron chi connectivity index (χ3n) is 7.57. The Morgan fingerprint density at radius 1 is 1.07 bits per heavy atom. The number of nitrogen functional groups attached to an aromatic ring is 1. The van der Waals surface area contributed by atoms with Crippen molar-refractivity contribution in [1.82, 2.24) is 24.6 Å². The minimum Gasteiger partial charge on any atom is -0.382 e. The van der Waals surface area contributed by atoms with Crippen LogP contribution in [0.25, 0.3) is 16.6 Å². The van der Waals surface area contributed by atoms with E-state index in [-0.39, 0.29) is 29.0 Å². The highest BCUT2D eigenvalue weighted by atomic mass is 19.4. The van der Waals surface area contributed by atoms with Crippen LogP contribution < -0.4 is 11.1 Å². The maximum absolute atomic E-state index is 13.0. The Morgan fingerprint density at radius 3 is 2.51 bits per heavy atom. The van der Waals surface area contributed by atoms with Gasteiger partial charge in [0, 0.05) is 42.4 Å². The summed E-state index contributed by atoms with van der Waals surface area (Å²) < 4.78 is 40.7. The quantitative estimate of drug-likeness (QED) is 0.334. The number of piperidine rings is 1. The van der Waals surface area contributed by atoms with E-state index in [0.717, 1.165) is 42.3 Å². The molecule has 13 heteroatoms. The van der Waals surface area contributed by atoms with Crippen molar-refractivity contribution in [3.05, 3.63) is 71.7 Å². The molecule has 1 aliphatic heterocycles. The Kier molecular flexibility index (Phi) is 6.40. The second kappa shape index (κ2) is 9.84. The number of nitrogens with zero attached hydrogens (tertiary/aromatic N) is 5. The lowest BCUT2D eigenvalue weighted by Crippen LogP contribution is -2.45. The molecule has 1 saturated carbocycles. The number of likely N-dealkylation sites (tertiary alicyclic amines) is 1. The summed E-state index contributed by atoms with van der Waals surface area (Å²) in [5.41, 5.74) is 6.24. The molecule has 1 aromatic carbocycles. The van der Waals surface area contributed by atoms with Gasteiger partial charge < -0.3 is 21.1 Å². The molecule has 6 rings (SSSR count). The van der Waals surface area contributed by atoms with Gasteiger partial charge in [-0.15, -0.1) is 0 Å². The molecule has 1 unspecified atom stereocenters. The number of hydrogen-bond donors (Lipinski definition) is 3. The molecule has 0 bridgehead atoms. The van der Waals surface area contributed by atoms with E-state index in [1.807, 2.05) is 6.07 Å². The topological polar surface area (TPSA) is 139 Å². The van der Waals surface area contributed by atoms with Gasteiger partial charge in [0.15, 0.2) is 0 Å². The normalized spacial score (nSPS) is 18.3. The van der Waals surface area contributed by atoms with Gasteiger partial charge in [0.1, 0.15) is 22.8 Å². The van der Waals surface area contributed by atoms with Gasteiger partial charge in [0.25, 0.3) is 11.8 Å². The Hall–Kier alpha value is -4.52. The van der Waals surface area contributed by atoms with Crippen molar-refractivity contribution in [1.29, 1.82) is 0 Å². The van der Waals surface area contributed by atoms with E-state index >= 15 is 0 Å². The van der Waals surface area contributed by atoms with E-state index in [2.05, 4.69) is 15.3 Å². The summed E-state index contributed by atoms with van der Waals surface area (Å²) in [4.78, 5) is 35.3. The lowest BCUT2D eigenvalue weighted by molar-refractivity contribution is -0.143. The first-order chi connectivity index (χ1) is 19.5. The minimum atomic E-state index is -4.56. The summed E-state index contributed by atoms with van der Waals surface area (Å²) in [5.74, 6) is -0.897. The van der Waals surface area contributed by atoms with E-state index < -0.39 is 23.2 Å². The number of nitrogens with one attached hydrogen (secondary N) is 1. The first-order valence-corrected chi connectivity index (χ1v) is 13.1. The van der Waals surface area contributed by atoms with Crippen molar-refractivity contribution in [3.8, 4) is 5.69 Å². The molecule has 41 heavy (non-hydrogen) atoms. The highest BCUT2D eigenvalue weighted by Crippen LogP contribution is 2.40. The van der Waals surface area contributed by atoms with Crippen LogP contribution in [-0.2, 0) is 11.0 Å². The molecule has 2 fully saturated rings. The molecule has 1 atom stereocenters. The third kappa shape index (κ3) is 5.08. The van der Waals surface area contributed by atoms with E-state index in [0.29, 0.717) is 37.1 Å². The van der Waals surface area contributed by atoms with Crippen molar-refractivity contribution in [2.24, 2.45) is 0 Å². The smallest absolute Gasteiger partial charge is 0.382 e. The van der Waals surface area contributed by atoms with Crippen molar-refractivity contribution >= 4 is 34.4 Å². The van der Waals surface area contributed by atoms with Crippen molar-refractivity contribution in [2.45, 2.75) is 43.4 Å². The summed E-state index contributed by atoms with van der Waals surface area (Å²) in [5, 5.41) is 18.4. The van der Waals surface area contributed by atoms with Gasteiger partial charge in [-0.3, -0.25) is 9.59 Å². The van der Waals surface area contributed by atoms with Crippen LogP contribution in [0.4, 0.5) is 24.8 Å². The number of anilines is 2. The maximum atomic E-state index is 13.0. The predicted molar refractivity (Wildman–Crippen MR) is 143 cm³/mol. The molecule has 10 nitrogen and oxygen atoms in total. The van der Waals surface area contributed by atoms with E-state index in [4.69, 9.17) is 10.8 Å². The Bertz CT molecular complexity index is 1650. The second-order valence-corrected chi connectivity index (χ2v) is 10.4. The van der Waals surface area contributed by atoms with Crippen molar-refractivity contribution < 1.29 is 27.9 Å². The zero-order chi connectivity index (χ0) is 28.9. The lowest BCUT2D eigenvalue weighted by Gasteiger charge is -2.33. The lowest BCUT2D eigenvalue weighted by atomic mass is 9.92. The van der Waals surface area contributed by atoms with E-state index in [9.17, 15) is 27.9 Å². The maximum Gasteiger partial charge on any atom is 0.416 e. The van der Waals surface area contributed by atoms with Gasteiger partial charge in [-0.1, -0.05) is 0 Å². The molecule has 1 aliphatic carbocycles. The predicted octanol–water partition coefficient (Wildman–Crippen LogP) is 3.90. The minimum absolute atomic E-state index is 0.0781. The molecule has 3 aromatic heterocycles. The molecule has 1 saturated heterocycles. The summed E-state index contributed by atoms with van der Waals surface area (Å²) in [6.07, 6.45) is 0.562. The Labute approximate surface area is 232 Å². The molecule has 2 amide bonds. The van der Waals surface area contributed by atoms with Crippen LogP contribution in [-0.4, -0.2) is 60.3 Å². The van der Waals surface area contributed by atoms with Gasteiger partial charge in [-0.05, 0) is 68.1 Å². The fourth-order valence-electron chi connectivity index (χ4n) is 5.23. The molecule has 212 valence electrons. The second-order valence-electron chi connectivity index (χ2n) is 10.4. The summed E-state index contributed by atoms with van der Waals surface area (Å²) in [7, 11) is 0. The highest BCUT2D eigenvalue weighted by Gasteiger charge is 2.50. The molecule has 2 aliphatic rings. The highest BCUT2D eigenvalue weighted by molar-refractivity contribution is 6.04. The van der Waals surface area contributed by atoms with Crippen molar-refractivity contribution in [2.75, 3.05) is 24.1 Å². The number of carbonyl (C=O) groups excluding carboxylic acids is 2. The van der Waals surface area contributed by atoms with Gasteiger partial charge in [0.2, 0.25) is 0 Å². The average Bonchev–Trinajstić information content (AvgIpc) is 3.59. The first kappa shape index (κ1) is 26.7. The molecule has 0 radical (unpaired) electrons. The number of rotatable bonds is 5. The van der Waals surface area contributed by atoms with Gasteiger partial charge in [-0.2, -0.15) is 18.3 Å². The average molecular weight is 566 g/mol. The number of benzene rings is 1. The van der Waals surface area contributed by atoms with Crippen LogP contribution in [0.1, 0.15) is 53.2 Å². The van der Waals surface area contributed by atoms with Crippen molar-refractivity contribution in [3.63, 3.8) is 0 Å². The van der Waals surface area contributed by atoms with Crippen LogP contribution in [0.2, 0.25) is 0 Å². The Morgan fingerprint density at radius 2 is 1.80 bits per heavy atom. The van der Waals surface area contributed by atoms with Crippen LogP contribution in [0.3, 0.4) is 0 Å². The van der Waals surface area contributed by atoms with Crippen LogP contribution in [0.5, 0.6) is 0 Å². The van der Waals surface area contributed by atoms with Crippen LogP contribution in [0.15, 0.2) is 54.9 Å². The number of alkyl halides is 3. The standard InChI is InChI=1S/C28H26F3N7O3/c29-28(30,31)18-7-11-33-21(14-18)35-25(39)16-3-5-19(6-4-16)38-23-20(8-12-34-24(23)32)22(36-38)17-2-1-13-37(15-17)26(40)27(41)9-10-27/h3-8,11-12,14,17,41H,1-2,9-10,13,15H2,(H2,32,34)(H,33,35,39). The van der Waals surface area contributed by atoms with Crippen LogP contribution in [0, 0.1) is 0 Å². The SMILES string of the molecule is Nc1nccc2c(C3CCCN(C(=O)C4(O)CC4)C3)nn(-c3ccc(C(=O)Nc4cc(C(F)(F)F)ccn4)cc3)c12. The zero-order valence-corrected chi connectivity index (χ0v) is 21.7. The zero-order valence-electron chi connectivity index (χ0n) is 21.7. The van der Waals surface area contributed by atoms with Crippen LogP contribution >= 0.6 is 0 Å². The molecule has 0 spiro atoms. The number of nitrogens with two attached hydrogens (primary N) is 1. The van der Waals surface area contributed by atoms with E-state index in [1.165, 1.54) is 12.1 Å². The number of aromatic nitrogens is 4. The number of carbonyl (C=O) groups is 2. The number of halogens is 3. The van der Waals surface area contributed by atoms with Gasteiger partial charge in [-0.25, -0.2) is 14.6 Å². The molecule has 4 aromatic rings. The third-order valence-corrected chi connectivity index (χ3v) is 7.57. The monoisotopic (exact) mass is 565 g/mol. The largest absolute Gasteiger partial charge is 0.416 e. The number of fused-ring (bicyclic) bond motifs is 1. The molecular formula is C28H26F3N7O3. The Balaban J connectivity index is 1.27. The summed E-state index contributed by atoms with van der Waals surface area (Å²) in [6.45, 7) is 1.01. The fraction of sp³-hybridized carbons (Fsp3) is 0.321. The molecule has 4 N–H and O–H groups in total. The molecule has 4 heterocycles.